The second-order valence-electron chi connectivity index (χ2n) is 5.43. The minimum atomic E-state index is -0.347. The summed E-state index contributed by atoms with van der Waals surface area (Å²) in [5.41, 5.74) is 1.72. The molecule has 0 saturated carbocycles. The molecule has 2 aromatic carbocycles. The molecule has 0 spiro atoms. The van der Waals surface area contributed by atoms with Gasteiger partial charge >= 0.3 is 11.9 Å². The van der Waals surface area contributed by atoms with Crippen LogP contribution in [0.5, 0.6) is 0 Å². The van der Waals surface area contributed by atoms with Crippen molar-refractivity contribution in [3.63, 3.8) is 0 Å². The van der Waals surface area contributed by atoms with Crippen molar-refractivity contribution in [3.05, 3.63) is 69.7 Å². The van der Waals surface area contributed by atoms with Gasteiger partial charge in [0.25, 0.3) is 0 Å². The lowest BCUT2D eigenvalue weighted by molar-refractivity contribution is -0.146. The maximum absolute atomic E-state index is 11.7. The minimum Gasteiger partial charge on any atom is -0.461 e. The Bertz CT molecular complexity index is 635. The Hall–Kier alpha value is -2.04. The van der Waals surface area contributed by atoms with Crippen molar-refractivity contribution in [1.82, 2.24) is 0 Å². The van der Waals surface area contributed by atoms with Gasteiger partial charge in [-0.2, -0.15) is 0 Å². The highest BCUT2D eigenvalue weighted by atomic mass is 35.5. The lowest BCUT2D eigenvalue weighted by Gasteiger charge is -2.06. The smallest absolute Gasteiger partial charge is 0.306 e. The molecule has 0 atom stereocenters. The van der Waals surface area contributed by atoms with E-state index in [-0.39, 0.29) is 38.0 Å². The molecule has 0 fully saturated rings. The Labute approximate surface area is 156 Å². The highest BCUT2D eigenvalue weighted by molar-refractivity contribution is 6.30. The number of rotatable bonds is 8. The molecule has 25 heavy (non-hydrogen) atoms. The highest BCUT2D eigenvalue weighted by Crippen LogP contribution is 2.12. The fraction of sp³-hybridized carbons (Fsp3) is 0.263. The lowest BCUT2D eigenvalue weighted by atomic mass is 10.2. The first-order valence-corrected chi connectivity index (χ1v) is 8.58. The maximum Gasteiger partial charge on any atom is 0.306 e. The number of hydrogen-bond donors (Lipinski definition) is 0. The lowest BCUT2D eigenvalue weighted by Crippen LogP contribution is -2.08. The van der Waals surface area contributed by atoms with Gasteiger partial charge in [-0.05, 0) is 41.8 Å². The quantitative estimate of drug-likeness (QED) is 0.607. The Morgan fingerprint density at radius 1 is 0.680 bits per heavy atom. The molecular weight excluding hydrogens is 363 g/mol. The normalized spacial score (nSPS) is 10.3. The molecule has 0 aliphatic rings. The summed E-state index contributed by atoms with van der Waals surface area (Å²) in [5.74, 6) is -0.694. The highest BCUT2D eigenvalue weighted by Gasteiger charge is 2.08. The third kappa shape index (κ3) is 7.59. The summed E-state index contributed by atoms with van der Waals surface area (Å²) in [6.45, 7) is 0.383. The van der Waals surface area contributed by atoms with Crippen LogP contribution in [0.2, 0.25) is 10.0 Å². The molecular formula is C19H18Cl2O4. The van der Waals surface area contributed by atoms with Gasteiger partial charge in [0.05, 0.1) is 0 Å². The van der Waals surface area contributed by atoms with Crippen molar-refractivity contribution >= 4 is 35.1 Å². The third-order valence-corrected chi connectivity index (χ3v) is 3.89. The Morgan fingerprint density at radius 2 is 1.04 bits per heavy atom. The number of carbonyl (C=O) groups is 2. The van der Waals surface area contributed by atoms with Crippen molar-refractivity contribution in [2.24, 2.45) is 0 Å². The predicted molar refractivity (Wildman–Crippen MR) is 96.3 cm³/mol. The van der Waals surface area contributed by atoms with Crippen LogP contribution < -0.4 is 0 Å². The van der Waals surface area contributed by atoms with Crippen molar-refractivity contribution in [3.8, 4) is 0 Å². The zero-order valence-corrected chi connectivity index (χ0v) is 15.1. The van der Waals surface area contributed by atoms with Gasteiger partial charge < -0.3 is 9.47 Å². The molecule has 0 unspecified atom stereocenters. The van der Waals surface area contributed by atoms with Crippen LogP contribution in [0.4, 0.5) is 0 Å². The Morgan fingerprint density at radius 3 is 1.40 bits per heavy atom. The van der Waals surface area contributed by atoms with E-state index in [1.54, 1.807) is 48.5 Å². The van der Waals surface area contributed by atoms with Crippen LogP contribution in [0.15, 0.2) is 48.5 Å². The van der Waals surface area contributed by atoms with E-state index >= 15 is 0 Å². The molecule has 0 saturated heterocycles. The van der Waals surface area contributed by atoms with E-state index in [0.717, 1.165) is 11.1 Å². The first kappa shape index (κ1) is 19.3. The molecule has 4 nitrogen and oxygen atoms in total. The predicted octanol–water partition coefficient (Wildman–Crippen LogP) is 4.95. The topological polar surface area (TPSA) is 52.6 Å². The summed E-state index contributed by atoms with van der Waals surface area (Å²) in [6.07, 6.45) is 0.728. The molecule has 2 aromatic rings. The molecule has 2 rings (SSSR count). The largest absolute Gasteiger partial charge is 0.461 e. The van der Waals surface area contributed by atoms with E-state index in [0.29, 0.717) is 16.5 Å². The van der Waals surface area contributed by atoms with Crippen molar-refractivity contribution in [2.45, 2.75) is 32.5 Å². The van der Waals surface area contributed by atoms with Gasteiger partial charge in [0.15, 0.2) is 0 Å². The van der Waals surface area contributed by atoms with Gasteiger partial charge in [0.2, 0.25) is 0 Å². The molecule has 0 aliphatic heterocycles. The van der Waals surface area contributed by atoms with Crippen molar-refractivity contribution in [1.29, 1.82) is 0 Å². The average Bonchev–Trinajstić information content (AvgIpc) is 2.61. The van der Waals surface area contributed by atoms with Gasteiger partial charge in [0, 0.05) is 22.9 Å². The zero-order chi connectivity index (χ0) is 18.1. The van der Waals surface area contributed by atoms with Crippen molar-refractivity contribution < 1.29 is 19.1 Å². The molecule has 0 aliphatic carbocycles. The molecule has 0 heterocycles. The average molecular weight is 381 g/mol. The standard InChI is InChI=1S/C19H18Cl2O4/c20-16-8-4-14(5-9-16)12-24-18(22)2-1-3-19(23)25-13-15-6-10-17(21)11-7-15/h4-11H,1-3,12-13H2. The van der Waals surface area contributed by atoms with Crippen LogP contribution in [0.3, 0.4) is 0 Å². The number of benzene rings is 2. The molecule has 0 aromatic heterocycles. The van der Waals surface area contributed by atoms with E-state index < -0.39 is 0 Å². The number of ether oxygens (including phenoxy) is 2. The minimum absolute atomic E-state index is 0.170. The number of hydrogen-bond acceptors (Lipinski definition) is 4. The first-order chi connectivity index (χ1) is 12.0. The van der Waals surface area contributed by atoms with Gasteiger partial charge in [-0.1, -0.05) is 47.5 Å². The summed E-state index contributed by atoms with van der Waals surface area (Å²) < 4.78 is 10.3. The Kier molecular flexibility index (Phi) is 7.76. The van der Waals surface area contributed by atoms with Gasteiger partial charge in [0.1, 0.15) is 13.2 Å². The van der Waals surface area contributed by atoms with E-state index in [1.807, 2.05) is 0 Å². The van der Waals surface area contributed by atoms with Crippen LogP contribution in [0.25, 0.3) is 0 Å². The zero-order valence-electron chi connectivity index (χ0n) is 13.5. The molecule has 0 radical (unpaired) electrons. The summed E-state index contributed by atoms with van der Waals surface area (Å²) in [4.78, 5) is 23.3. The molecule has 0 bridgehead atoms. The van der Waals surface area contributed by atoms with E-state index in [9.17, 15) is 9.59 Å². The van der Waals surface area contributed by atoms with Crippen LogP contribution in [-0.4, -0.2) is 11.9 Å². The SMILES string of the molecule is O=C(CCCC(=O)OCc1ccc(Cl)cc1)OCc1ccc(Cl)cc1. The molecule has 0 amide bonds. The van der Waals surface area contributed by atoms with E-state index in [1.165, 1.54) is 0 Å². The summed E-state index contributed by atoms with van der Waals surface area (Å²) in [7, 11) is 0. The fourth-order valence-corrected chi connectivity index (χ4v) is 2.26. The van der Waals surface area contributed by atoms with Crippen LogP contribution >= 0.6 is 23.2 Å². The van der Waals surface area contributed by atoms with Gasteiger partial charge in [-0.3, -0.25) is 9.59 Å². The molecule has 0 N–H and O–H groups in total. The second-order valence-corrected chi connectivity index (χ2v) is 6.30. The van der Waals surface area contributed by atoms with E-state index in [4.69, 9.17) is 32.7 Å². The molecule has 132 valence electrons. The van der Waals surface area contributed by atoms with Crippen LogP contribution in [0, 0.1) is 0 Å². The van der Waals surface area contributed by atoms with Crippen LogP contribution in [-0.2, 0) is 32.3 Å². The van der Waals surface area contributed by atoms with Gasteiger partial charge in [-0.25, -0.2) is 0 Å². The molecule has 6 heteroatoms. The fourth-order valence-electron chi connectivity index (χ4n) is 2.01. The van der Waals surface area contributed by atoms with E-state index in [2.05, 4.69) is 0 Å². The van der Waals surface area contributed by atoms with Gasteiger partial charge in [-0.15, -0.1) is 0 Å². The summed E-state index contributed by atoms with van der Waals surface area (Å²) in [5, 5.41) is 1.26. The van der Waals surface area contributed by atoms with Crippen LogP contribution in [0.1, 0.15) is 30.4 Å². The Balaban J connectivity index is 1.59. The monoisotopic (exact) mass is 380 g/mol. The number of esters is 2. The summed E-state index contributed by atoms with van der Waals surface area (Å²) in [6, 6.07) is 14.1. The summed E-state index contributed by atoms with van der Waals surface area (Å²) >= 11 is 11.6. The first-order valence-electron chi connectivity index (χ1n) is 7.83. The van der Waals surface area contributed by atoms with Crippen molar-refractivity contribution in [2.75, 3.05) is 0 Å². The number of carbonyl (C=O) groups excluding carboxylic acids is 2. The third-order valence-electron chi connectivity index (χ3n) is 3.39. The second kappa shape index (κ2) is 10.1. The number of halogens is 2. The maximum atomic E-state index is 11.7.